The Morgan fingerprint density at radius 1 is 1.23 bits per heavy atom. The van der Waals surface area contributed by atoms with Crippen molar-refractivity contribution in [2.45, 2.75) is 50.8 Å². The Morgan fingerprint density at radius 3 is 2.84 bits per heavy atom. The van der Waals surface area contributed by atoms with Crippen molar-refractivity contribution in [1.82, 2.24) is 10.2 Å². The van der Waals surface area contributed by atoms with Crippen LogP contribution in [0.2, 0.25) is 0 Å². The predicted molar refractivity (Wildman–Crippen MR) is 127 cm³/mol. The molecule has 2 aromatic heterocycles. The van der Waals surface area contributed by atoms with Crippen molar-refractivity contribution in [3.8, 4) is 10.8 Å². The highest BCUT2D eigenvalue weighted by atomic mass is 32.2. The SMILES string of the molecule is CCCCC(CC)COC(=O)CCSc1ccsc1-c1nnc(Nc2ccccc2)o1. The molecule has 0 aliphatic carbocycles. The summed E-state index contributed by atoms with van der Waals surface area (Å²) in [7, 11) is 0. The highest BCUT2D eigenvalue weighted by Crippen LogP contribution is 2.36. The van der Waals surface area contributed by atoms with Gasteiger partial charge in [-0.2, -0.15) is 0 Å². The van der Waals surface area contributed by atoms with Crippen LogP contribution in [0, 0.1) is 5.92 Å². The van der Waals surface area contributed by atoms with E-state index in [9.17, 15) is 4.79 Å². The smallest absolute Gasteiger partial charge is 0.320 e. The maximum absolute atomic E-state index is 12.1. The topological polar surface area (TPSA) is 77.2 Å². The zero-order valence-electron chi connectivity index (χ0n) is 18.0. The number of carbonyl (C=O) groups is 1. The van der Waals surface area contributed by atoms with Crippen LogP contribution in [0.5, 0.6) is 0 Å². The number of benzene rings is 1. The van der Waals surface area contributed by atoms with Gasteiger partial charge >= 0.3 is 12.0 Å². The summed E-state index contributed by atoms with van der Waals surface area (Å²) in [5.74, 6) is 1.46. The summed E-state index contributed by atoms with van der Waals surface area (Å²) in [4.78, 5) is 14.1. The minimum absolute atomic E-state index is 0.133. The minimum Gasteiger partial charge on any atom is -0.465 e. The molecule has 0 amide bonds. The zero-order chi connectivity index (χ0) is 21.9. The molecule has 6 nitrogen and oxygen atoms in total. The Morgan fingerprint density at radius 2 is 2.06 bits per heavy atom. The number of rotatable bonds is 13. The van der Waals surface area contributed by atoms with Gasteiger partial charge in [0.1, 0.15) is 4.88 Å². The Kier molecular flexibility index (Phi) is 9.42. The normalized spacial score (nSPS) is 11.9. The van der Waals surface area contributed by atoms with Crippen molar-refractivity contribution in [2.24, 2.45) is 5.92 Å². The number of thioether (sulfide) groups is 1. The van der Waals surface area contributed by atoms with E-state index >= 15 is 0 Å². The van der Waals surface area contributed by atoms with Gasteiger partial charge in [0.05, 0.1) is 13.0 Å². The summed E-state index contributed by atoms with van der Waals surface area (Å²) < 4.78 is 11.3. The number of para-hydroxylation sites is 1. The van der Waals surface area contributed by atoms with Gasteiger partial charge in [0.15, 0.2) is 0 Å². The third-order valence-electron chi connectivity index (χ3n) is 4.86. The number of carbonyl (C=O) groups excluding carboxylic acids is 1. The average molecular weight is 460 g/mol. The summed E-state index contributed by atoms with van der Waals surface area (Å²) in [6.45, 7) is 4.87. The molecule has 0 aliphatic rings. The first kappa shape index (κ1) is 23.3. The van der Waals surface area contributed by atoms with Crippen LogP contribution in [-0.4, -0.2) is 28.5 Å². The van der Waals surface area contributed by atoms with Crippen molar-refractivity contribution in [3.05, 3.63) is 41.8 Å². The van der Waals surface area contributed by atoms with Crippen molar-refractivity contribution in [2.75, 3.05) is 17.7 Å². The van der Waals surface area contributed by atoms with Crippen LogP contribution in [0.25, 0.3) is 10.8 Å². The van der Waals surface area contributed by atoms with Crippen molar-refractivity contribution in [3.63, 3.8) is 0 Å². The van der Waals surface area contributed by atoms with Crippen LogP contribution in [0.4, 0.5) is 11.7 Å². The van der Waals surface area contributed by atoms with Crippen LogP contribution in [0.15, 0.2) is 51.1 Å². The third-order valence-corrected chi connectivity index (χ3v) is 6.95. The van der Waals surface area contributed by atoms with E-state index < -0.39 is 0 Å². The molecule has 2 heterocycles. The number of ether oxygens (including phenoxy) is 1. The summed E-state index contributed by atoms with van der Waals surface area (Å²) in [5, 5.41) is 13.3. The average Bonchev–Trinajstić information content (AvgIpc) is 3.44. The first-order valence-corrected chi connectivity index (χ1v) is 12.6. The maximum Gasteiger partial charge on any atom is 0.320 e. The van der Waals surface area contributed by atoms with Gasteiger partial charge in [0.25, 0.3) is 5.89 Å². The Balaban J connectivity index is 1.47. The quantitative estimate of drug-likeness (QED) is 0.223. The zero-order valence-corrected chi connectivity index (χ0v) is 19.6. The van der Waals surface area contributed by atoms with Crippen LogP contribution in [0.1, 0.15) is 46.0 Å². The van der Waals surface area contributed by atoms with Gasteiger partial charge in [-0.05, 0) is 35.9 Å². The van der Waals surface area contributed by atoms with Gasteiger partial charge in [-0.1, -0.05) is 56.4 Å². The molecular formula is C23H29N3O3S2. The van der Waals surface area contributed by atoms with Gasteiger partial charge < -0.3 is 14.5 Å². The van der Waals surface area contributed by atoms with Crippen LogP contribution >= 0.6 is 23.1 Å². The first-order valence-electron chi connectivity index (χ1n) is 10.7. The fourth-order valence-corrected chi connectivity index (χ4v) is 4.99. The maximum atomic E-state index is 12.1. The second-order valence-corrected chi connectivity index (χ2v) is 9.27. The van der Waals surface area contributed by atoms with Gasteiger partial charge in [-0.15, -0.1) is 28.2 Å². The number of anilines is 2. The molecule has 0 spiro atoms. The molecule has 0 saturated heterocycles. The van der Waals surface area contributed by atoms with Gasteiger partial charge in [0.2, 0.25) is 0 Å². The molecule has 3 rings (SSSR count). The second-order valence-electron chi connectivity index (χ2n) is 7.22. The summed E-state index contributed by atoms with van der Waals surface area (Å²) in [5.41, 5.74) is 0.886. The van der Waals surface area contributed by atoms with Crippen LogP contribution in [0.3, 0.4) is 0 Å². The number of unbranched alkanes of at least 4 members (excludes halogenated alkanes) is 1. The minimum atomic E-state index is -0.133. The number of thiophene rings is 1. The number of aromatic nitrogens is 2. The number of nitrogens with zero attached hydrogens (tertiary/aromatic N) is 2. The standard InChI is InChI=1S/C23H29N3O3S2/c1-3-5-9-17(4-2)16-28-20(27)13-15-30-19-12-14-31-21(19)22-25-26-23(29-22)24-18-10-7-6-8-11-18/h6-8,10-12,14,17H,3-5,9,13,15-16H2,1-2H3,(H,24,26). The number of hydrogen-bond acceptors (Lipinski definition) is 8. The van der Waals surface area contributed by atoms with Gasteiger partial charge in [-0.3, -0.25) is 4.79 Å². The molecule has 1 aromatic carbocycles. The first-order chi connectivity index (χ1) is 15.2. The van der Waals surface area contributed by atoms with Crippen LogP contribution in [-0.2, 0) is 9.53 Å². The predicted octanol–water partition coefficient (Wildman–Crippen LogP) is 6.78. The van der Waals surface area contributed by atoms with E-state index in [2.05, 4.69) is 29.4 Å². The second kappa shape index (κ2) is 12.5. The summed E-state index contributed by atoms with van der Waals surface area (Å²) >= 11 is 3.15. The molecule has 31 heavy (non-hydrogen) atoms. The van der Waals surface area contributed by atoms with E-state index in [1.807, 2.05) is 41.8 Å². The molecule has 8 heteroatoms. The highest BCUT2D eigenvalue weighted by Gasteiger charge is 2.16. The summed E-state index contributed by atoms with van der Waals surface area (Å²) in [6.07, 6.45) is 4.91. The fraction of sp³-hybridized carbons (Fsp3) is 0.435. The number of hydrogen-bond donors (Lipinski definition) is 1. The van der Waals surface area contributed by atoms with E-state index in [-0.39, 0.29) is 5.97 Å². The third kappa shape index (κ3) is 7.40. The molecule has 0 radical (unpaired) electrons. The highest BCUT2D eigenvalue weighted by molar-refractivity contribution is 7.99. The molecule has 1 N–H and O–H groups in total. The Hall–Kier alpha value is -2.32. The van der Waals surface area contributed by atoms with E-state index in [0.717, 1.165) is 28.3 Å². The molecular weight excluding hydrogens is 430 g/mol. The van der Waals surface area contributed by atoms with E-state index in [1.54, 1.807) is 23.1 Å². The molecule has 0 aliphatic heterocycles. The molecule has 0 fully saturated rings. The molecule has 1 unspecified atom stereocenters. The van der Waals surface area contributed by atoms with Crippen molar-refractivity contribution < 1.29 is 13.9 Å². The van der Waals surface area contributed by atoms with Gasteiger partial charge in [-0.25, -0.2) is 0 Å². The van der Waals surface area contributed by atoms with Gasteiger partial charge in [0, 0.05) is 16.3 Å². The fourth-order valence-electron chi connectivity index (χ4n) is 3.00. The Labute approximate surface area is 191 Å². The molecule has 0 bridgehead atoms. The molecule has 3 aromatic rings. The Bertz CT molecular complexity index is 927. The van der Waals surface area contributed by atoms with E-state index in [4.69, 9.17) is 9.15 Å². The lowest BCUT2D eigenvalue weighted by Crippen LogP contribution is -2.14. The molecule has 166 valence electrons. The lowest BCUT2D eigenvalue weighted by Gasteiger charge is -2.14. The largest absolute Gasteiger partial charge is 0.465 e. The van der Waals surface area contributed by atoms with Crippen LogP contribution < -0.4 is 5.32 Å². The summed E-state index contributed by atoms with van der Waals surface area (Å²) in [6, 6.07) is 12.1. The number of esters is 1. The lowest BCUT2D eigenvalue weighted by molar-refractivity contribution is -0.144. The van der Waals surface area contributed by atoms with Crippen molar-refractivity contribution >= 4 is 40.8 Å². The molecule has 1 atom stereocenters. The van der Waals surface area contributed by atoms with E-state index in [1.165, 1.54) is 12.8 Å². The number of nitrogens with one attached hydrogen (secondary N) is 1. The lowest BCUT2D eigenvalue weighted by atomic mass is 10.0. The molecule has 0 saturated carbocycles. The van der Waals surface area contributed by atoms with Crippen molar-refractivity contribution in [1.29, 1.82) is 0 Å². The van der Waals surface area contributed by atoms with E-state index in [0.29, 0.717) is 36.6 Å². The monoisotopic (exact) mass is 459 g/mol.